The molecule has 0 amide bonds. The summed E-state index contributed by atoms with van der Waals surface area (Å²) in [5.74, 6) is -1.05. The number of benzene rings is 1. The van der Waals surface area contributed by atoms with Crippen LogP contribution in [0.15, 0.2) is 18.2 Å². The van der Waals surface area contributed by atoms with Gasteiger partial charge in [0, 0.05) is 13.1 Å². The molecule has 0 bridgehead atoms. The van der Waals surface area contributed by atoms with Crippen molar-refractivity contribution in [1.29, 1.82) is 0 Å². The first-order chi connectivity index (χ1) is 10.3. The number of piperidine rings is 1. The van der Waals surface area contributed by atoms with Crippen molar-refractivity contribution in [2.75, 3.05) is 27.2 Å². The minimum Gasteiger partial charge on any atom is -0.490 e. The van der Waals surface area contributed by atoms with Gasteiger partial charge in [-0.1, -0.05) is 0 Å². The number of ether oxygens (including phenoxy) is 2. The molecule has 0 radical (unpaired) electrons. The highest BCUT2D eigenvalue weighted by atomic mass is 19.4. The molecule has 1 aliphatic rings. The lowest BCUT2D eigenvalue weighted by Gasteiger charge is -2.30. The van der Waals surface area contributed by atoms with Crippen molar-refractivity contribution < 1.29 is 27.4 Å². The highest BCUT2D eigenvalue weighted by molar-refractivity contribution is 5.89. The molecule has 0 atom stereocenters. The fourth-order valence-electron chi connectivity index (χ4n) is 2.38. The summed E-state index contributed by atoms with van der Waals surface area (Å²) in [5, 5.41) is 0. The maximum atomic E-state index is 13.2. The van der Waals surface area contributed by atoms with Crippen LogP contribution in [0, 0.1) is 0 Å². The summed E-state index contributed by atoms with van der Waals surface area (Å²) >= 11 is 0. The second-order valence-electron chi connectivity index (χ2n) is 5.32. The third-order valence-electron chi connectivity index (χ3n) is 3.67. The van der Waals surface area contributed by atoms with Crippen LogP contribution in [0.25, 0.3) is 0 Å². The molecular formula is C15H18F3NO3. The fraction of sp³-hybridized carbons (Fsp3) is 0.533. The predicted octanol–water partition coefficient (Wildman–Crippen LogP) is 2.97. The number of hydrogen-bond acceptors (Lipinski definition) is 4. The molecule has 1 aromatic rings. The molecule has 0 saturated carbocycles. The minimum absolute atomic E-state index is 0.148. The molecule has 1 aliphatic heterocycles. The maximum absolute atomic E-state index is 13.2. The van der Waals surface area contributed by atoms with Crippen LogP contribution in [0.3, 0.4) is 0 Å². The average Bonchev–Trinajstić information content (AvgIpc) is 2.48. The first-order valence-corrected chi connectivity index (χ1v) is 6.96. The van der Waals surface area contributed by atoms with E-state index >= 15 is 0 Å². The molecule has 122 valence electrons. The van der Waals surface area contributed by atoms with E-state index in [9.17, 15) is 18.0 Å². The number of carbonyl (C=O) groups is 1. The lowest BCUT2D eigenvalue weighted by Crippen LogP contribution is -2.36. The largest absolute Gasteiger partial charge is 0.490 e. The Morgan fingerprint density at radius 3 is 2.45 bits per heavy atom. The van der Waals surface area contributed by atoms with Gasteiger partial charge in [-0.05, 0) is 38.1 Å². The summed E-state index contributed by atoms with van der Waals surface area (Å²) in [6, 6.07) is 3.24. The zero-order chi connectivity index (χ0) is 16.3. The summed E-state index contributed by atoms with van der Waals surface area (Å²) in [7, 11) is 3.08. The Kier molecular flexibility index (Phi) is 4.95. The van der Waals surface area contributed by atoms with Gasteiger partial charge in [0.15, 0.2) is 0 Å². The van der Waals surface area contributed by atoms with Crippen LogP contribution < -0.4 is 4.74 Å². The molecular weight excluding hydrogens is 299 g/mol. The van der Waals surface area contributed by atoms with Gasteiger partial charge in [0.25, 0.3) is 0 Å². The van der Waals surface area contributed by atoms with E-state index in [0.717, 1.165) is 26.3 Å². The van der Waals surface area contributed by atoms with Gasteiger partial charge < -0.3 is 14.4 Å². The zero-order valence-corrected chi connectivity index (χ0v) is 12.4. The summed E-state index contributed by atoms with van der Waals surface area (Å²) < 4.78 is 49.5. The van der Waals surface area contributed by atoms with E-state index < -0.39 is 17.7 Å². The number of carbonyl (C=O) groups excluding carboxylic acids is 1. The standard InChI is InChI=1S/C15H18F3NO3/c1-19-7-5-11(6-8-19)22-13-4-3-10(14(20)21-2)9-12(13)15(16,17)18/h3-4,9,11H,5-8H2,1-2H3. The SMILES string of the molecule is COC(=O)c1ccc(OC2CCN(C)CC2)c(C(F)(F)F)c1. The number of nitrogens with zero attached hydrogens (tertiary/aromatic N) is 1. The molecule has 0 spiro atoms. The van der Waals surface area contributed by atoms with Gasteiger partial charge in [0.2, 0.25) is 0 Å². The van der Waals surface area contributed by atoms with Crippen LogP contribution in [0.4, 0.5) is 13.2 Å². The van der Waals surface area contributed by atoms with E-state index in [4.69, 9.17) is 4.74 Å². The van der Waals surface area contributed by atoms with Gasteiger partial charge in [-0.15, -0.1) is 0 Å². The number of alkyl halides is 3. The first kappa shape index (κ1) is 16.6. The third kappa shape index (κ3) is 3.91. The van der Waals surface area contributed by atoms with Crippen LogP contribution in [-0.4, -0.2) is 44.2 Å². The number of methoxy groups -OCH3 is 1. The van der Waals surface area contributed by atoms with E-state index in [1.165, 1.54) is 12.1 Å². The van der Waals surface area contributed by atoms with Crippen molar-refractivity contribution in [2.45, 2.75) is 25.1 Å². The van der Waals surface area contributed by atoms with Gasteiger partial charge in [-0.2, -0.15) is 13.2 Å². The number of halogens is 3. The van der Waals surface area contributed by atoms with E-state index in [1.807, 2.05) is 7.05 Å². The lowest BCUT2D eigenvalue weighted by atomic mass is 10.1. The number of hydrogen-bond donors (Lipinski definition) is 0. The van der Waals surface area contributed by atoms with Crippen LogP contribution >= 0.6 is 0 Å². The highest BCUT2D eigenvalue weighted by Crippen LogP contribution is 2.38. The topological polar surface area (TPSA) is 38.8 Å². The van der Waals surface area contributed by atoms with E-state index in [1.54, 1.807) is 0 Å². The van der Waals surface area contributed by atoms with E-state index in [2.05, 4.69) is 9.64 Å². The monoisotopic (exact) mass is 317 g/mol. The highest BCUT2D eigenvalue weighted by Gasteiger charge is 2.36. The number of rotatable bonds is 3. The molecule has 7 heteroatoms. The normalized spacial score (nSPS) is 17.3. The summed E-state index contributed by atoms with van der Waals surface area (Å²) in [4.78, 5) is 13.5. The molecule has 0 N–H and O–H groups in total. The van der Waals surface area contributed by atoms with Crippen molar-refractivity contribution in [1.82, 2.24) is 4.90 Å². The van der Waals surface area contributed by atoms with Gasteiger partial charge >= 0.3 is 12.1 Å². The quantitative estimate of drug-likeness (QED) is 0.804. The summed E-state index contributed by atoms with van der Waals surface area (Å²) in [6.07, 6.45) is -3.49. The van der Waals surface area contributed by atoms with Crippen molar-refractivity contribution >= 4 is 5.97 Å². The van der Waals surface area contributed by atoms with Gasteiger partial charge in [0.1, 0.15) is 11.9 Å². The second kappa shape index (κ2) is 6.56. The van der Waals surface area contributed by atoms with E-state index in [0.29, 0.717) is 12.8 Å². The van der Waals surface area contributed by atoms with Crippen LogP contribution in [0.5, 0.6) is 5.75 Å². The third-order valence-corrected chi connectivity index (χ3v) is 3.67. The Labute approximate surface area is 126 Å². The minimum atomic E-state index is -4.59. The van der Waals surface area contributed by atoms with Crippen molar-refractivity contribution in [3.8, 4) is 5.75 Å². The summed E-state index contributed by atoms with van der Waals surface area (Å²) in [5.41, 5.74) is -1.10. The average molecular weight is 317 g/mol. The Hall–Kier alpha value is -1.76. The lowest BCUT2D eigenvalue weighted by molar-refractivity contribution is -0.139. The molecule has 1 fully saturated rings. The molecule has 0 aromatic heterocycles. The fourth-order valence-corrected chi connectivity index (χ4v) is 2.38. The van der Waals surface area contributed by atoms with Gasteiger partial charge in [-0.3, -0.25) is 0 Å². The smallest absolute Gasteiger partial charge is 0.419 e. The maximum Gasteiger partial charge on any atom is 0.419 e. The Bertz CT molecular complexity index is 537. The molecule has 1 aromatic carbocycles. The first-order valence-electron chi connectivity index (χ1n) is 6.96. The van der Waals surface area contributed by atoms with Crippen molar-refractivity contribution in [2.24, 2.45) is 0 Å². The van der Waals surface area contributed by atoms with Crippen molar-refractivity contribution in [3.63, 3.8) is 0 Å². The van der Waals surface area contributed by atoms with Gasteiger partial charge in [0.05, 0.1) is 18.2 Å². The second-order valence-corrected chi connectivity index (χ2v) is 5.32. The zero-order valence-electron chi connectivity index (χ0n) is 12.4. The van der Waals surface area contributed by atoms with Crippen LogP contribution in [-0.2, 0) is 10.9 Å². The predicted molar refractivity (Wildman–Crippen MR) is 73.9 cm³/mol. The van der Waals surface area contributed by atoms with Crippen LogP contribution in [0.2, 0.25) is 0 Å². The molecule has 2 rings (SSSR count). The van der Waals surface area contributed by atoms with Gasteiger partial charge in [-0.25, -0.2) is 4.79 Å². The van der Waals surface area contributed by atoms with Crippen LogP contribution in [0.1, 0.15) is 28.8 Å². The molecule has 22 heavy (non-hydrogen) atoms. The number of likely N-dealkylation sites (tertiary alicyclic amines) is 1. The molecule has 0 aliphatic carbocycles. The van der Waals surface area contributed by atoms with Crippen molar-refractivity contribution in [3.05, 3.63) is 29.3 Å². The summed E-state index contributed by atoms with van der Waals surface area (Å²) in [6.45, 7) is 1.57. The molecule has 1 saturated heterocycles. The molecule has 1 heterocycles. The Morgan fingerprint density at radius 2 is 1.91 bits per heavy atom. The Balaban J connectivity index is 2.24. The number of esters is 1. The molecule has 0 unspecified atom stereocenters. The van der Waals surface area contributed by atoms with E-state index in [-0.39, 0.29) is 17.4 Å². The Morgan fingerprint density at radius 1 is 1.27 bits per heavy atom. The molecule has 4 nitrogen and oxygen atoms in total.